The summed E-state index contributed by atoms with van der Waals surface area (Å²) in [5, 5.41) is 4.45. The van der Waals surface area contributed by atoms with E-state index >= 15 is 0 Å². The van der Waals surface area contributed by atoms with E-state index in [0.29, 0.717) is 0 Å². The second-order valence-corrected chi connectivity index (χ2v) is 4.29. The maximum Gasteiger partial charge on any atom is 0.240 e. The molecule has 0 aliphatic heterocycles. The molecule has 1 rings (SSSR count). The van der Waals surface area contributed by atoms with Gasteiger partial charge in [-0.3, -0.25) is 0 Å². The minimum atomic E-state index is -3.95. The second-order valence-electron chi connectivity index (χ2n) is 2.35. The van der Waals surface area contributed by atoms with Crippen molar-refractivity contribution < 1.29 is 12.8 Å². The molecule has 7 heteroatoms. The highest BCUT2D eigenvalue weighted by molar-refractivity contribution is 7.89. The summed E-state index contributed by atoms with van der Waals surface area (Å²) in [4.78, 5) is -0.376. The van der Waals surface area contributed by atoms with Crippen molar-refractivity contribution in [1.29, 1.82) is 0 Å². The van der Waals surface area contributed by atoms with Crippen LogP contribution in [0, 0.1) is 5.82 Å². The minimum absolute atomic E-state index is 0.260. The standard InChI is InChI=1S/C6H6ClFN2O2S/c7-3-1-6(13(10,11)12)5(9)2-4(3)8/h1-2H,9H2,(H2,10,11,12). The van der Waals surface area contributed by atoms with Gasteiger partial charge in [0.15, 0.2) is 0 Å². The van der Waals surface area contributed by atoms with Gasteiger partial charge in [-0.15, -0.1) is 0 Å². The number of sulfonamides is 1. The van der Waals surface area contributed by atoms with Crippen molar-refractivity contribution >= 4 is 27.3 Å². The molecule has 0 aliphatic carbocycles. The maximum atomic E-state index is 12.7. The molecule has 0 bridgehead atoms. The first kappa shape index (κ1) is 10.2. The first-order valence-corrected chi connectivity index (χ1v) is 5.02. The number of hydrogen-bond donors (Lipinski definition) is 2. The van der Waals surface area contributed by atoms with Gasteiger partial charge in [0, 0.05) is 0 Å². The van der Waals surface area contributed by atoms with Crippen molar-refractivity contribution in [3.05, 3.63) is 23.0 Å². The van der Waals surface area contributed by atoms with Crippen LogP contribution in [0.2, 0.25) is 5.02 Å². The number of hydrogen-bond acceptors (Lipinski definition) is 3. The van der Waals surface area contributed by atoms with Gasteiger partial charge in [-0.2, -0.15) is 0 Å². The summed E-state index contributed by atoms with van der Waals surface area (Å²) in [7, 11) is -3.95. The fraction of sp³-hybridized carbons (Fsp3) is 0. The Morgan fingerprint density at radius 3 is 2.38 bits per heavy atom. The lowest BCUT2D eigenvalue weighted by Crippen LogP contribution is -2.14. The molecule has 0 fully saturated rings. The summed E-state index contributed by atoms with van der Waals surface area (Å²) >= 11 is 5.34. The van der Waals surface area contributed by atoms with E-state index in [1.54, 1.807) is 0 Å². The number of nitrogens with two attached hydrogens (primary N) is 2. The molecule has 0 saturated heterocycles. The van der Waals surface area contributed by atoms with Crippen LogP contribution in [-0.4, -0.2) is 8.42 Å². The van der Waals surface area contributed by atoms with Gasteiger partial charge in [0.05, 0.1) is 10.7 Å². The Labute approximate surface area is 79.3 Å². The third kappa shape index (κ3) is 2.09. The highest BCUT2D eigenvalue weighted by atomic mass is 35.5. The summed E-state index contributed by atoms with van der Waals surface area (Å²) in [6.07, 6.45) is 0. The van der Waals surface area contributed by atoms with Gasteiger partial charge in [-0.05, 0) is 12.1 Å². The predicted octanol–water partition coefficient (Wildman–Crippen LogP) is 0.709. The topological polar surface area (TPSA) is 86.2 Å². The molecule has 0 atom stereocenters. The number of benzene rings is 1. The highest BCUT2D eigenvalue weighted by Crippen LogP contribution is 2.24. The highest BCUT2D eigenvalue weighted by Gasteiger charge is 2.15. The molecule has 0 unspecified atom stereocenters. The molecule has 72 valence electrons. The van der Waals surface area contributed by atoms with Crippen LogP contribution in [0.25, 0.3) is 0 Å². The van der Waals surface area contributed by atoms with Crippen molar-refractivity contribution in [2.75, 3.05) is 5.73 Å². The van der Waals surface area contributed by atoms with Crippen molar-refractivity contribution in [3.8, 4) is 0 Å². The van der Waals surface area contributed by atoms with Crippen LogP contribution >= 0.6 is 11.6 Å². The zero-order chi connectivity index (χ0) is 10.2. The van der Waals surface area contributed by atoms with E-state index in [2.05, 4.69) is 0 Å². The lowest BCUT2D eigenvalue weighted by atomic mass is 10.3. The third-order valence-corrected chi connectivity index (χ3v) is 2.62. The summed E-state index contributed by atoms with van der Waals surface area (Å²) < 4.78 is 34.4. The van der Waals surface area contributed by atoms with Gasteiger partial charge in [0.25, 0.3) is 0 Å². The molecule has 0 amide bonds. The Morgan fingerprint density at radius 2 is 1.92 bits per heavy atom. The molecular weight excluding hydrogens is 219 g/mol. The molecular formula is C6H6ClFN2O2S. The van der Waals surface area contributed by atoms with E-state index in [1.807, 2.05) is 0 Å². The number of rotatable bonds is 1. The smallest absolute Gasteiger partial charge is 0.240 e. The molecule has 4 nitrogen and oxygen atoms in total. The molecule has 0 saturated carbocycles. The summed E-state index contributed by atoms with van der Waals surface area (Å²) in [5.74, 6) is -0.786. The predicted molar refractivity (Wildman–Crippen MR) is 47.2 cm³/mol. The Morgan fingerprint density at radius 1 is 1.38 bits per heavy atom. The molecule has 0 spiro atoms. The van der Waals surface area contributed by atoms with Gasteiger partial charge in [-0.25, -0.2) is 17.9 Å². The number of nitrogen functional groups attached to an aromatic ring is 1. The van der Waals surface area contributed by atoms with Gasteiger partial charge in [-0.1, -0.05) is 11.6 Å². The van der Waals surface area contributed by atoms with Crippen molar-refractivity contribution in [2.45, 2.75) is 4.90 Å². The van der Waals surface area contributed by atoms with Gasteiger partial charge in [0.2, 0.25) is 10.0 Å². The van der Waals surface area contributed by atoms with Crippen LogP contribution in [0.5, 0.6) is 0 Å². The average Bonchev–Trinajstić information content (AvgIpc) is 1.94. The van der Waals surface area contributed by atoms with E-state index in [9.17, 15) is 12.8 Å². The Bertz CT molecular complexity index is 446. The van der Waals surface area contributed by atoms with Crippen LogP contribution in [0.1, 0.15) is 0 Å². The van der Waals surface area contributed by atoms with Gasteiger partial charge >= 0.3 is 0 Å². The Hall–Kier alpha value is -0.850. The number of halogens is 2. The zero-order valence-electron chi connectivity index (χ0n) is 6.29. The molecule has 1 aromatic carbocycles. The second kappa shape index (κ2) is 3.13. The molecule has 0 aromatic heterocycles. The van der Waals surface area contributed by atoms with Crippen LogP contribution in [0.4, 0.5) is 10.1 Å². The Balaban J connectivity index is 3.50. The summed E-state index contributed by atoms with van der Waals surface area (Å²) in [5.41, 5.74) is 4.96. The monoisotopic (exact) mass is 224 g/mol. The fourth-order valence-corrected chi connectivity index (χ4v) is 1.69. The first-order chi connectivity index (χ1) is 5.82. The maximum absolute atomic E-state index is 12.7. The van der Waals surface area contributed by atoms with Crippen LogP contribution in [0.15, 0.2) is 17.0 Å². The van der Waals surface area contributed by atoms with E-state index in [-0.39, 0.29) is 15.6 Å². The number of primary sulfonamides is 1. The van der Waals surface area contributed by atoms with E-state index < -0.39 is 15.8 Å². The SMILES string of the molecule is Nc1cc(F)c(Cl)cc1S(N)(=O)=O. The van der Waals surface area contributed by atoms with Crippen molar-refractivity contribution in [1.82, 2.24) is 0 Å². The van der Waals surface area contributed by atoms with Crippen LogP contribution in [-0.2, 0) is 10.0 Å². The third-order valence-electron chi connectivity index (χ3n) is 1.36. The van der Waals surface area contributed by atoms with Crippen LogP contribution < -0.4 is 10.9 Å². The van der Waals surface area contributed by atoms with Gasteiger partial charge < -0.3 is 5.73 Å². The normalized spacial score (nSPS) is 11.6. The quantitative estimate of drug-likeness (QED) is 0.689. The summed E-state index contributed by atoms with van der Waals surface area (Å²) in [6.45, 7) is 0. The van der Waals surface area contributed by atoms with Gasteiger partial charge in [0.1, 0.15) is 10.7 Å². The Kier molecular flexibility index (Phi) is 2.47. The zero-order valence-corrected chi connectivity index (χ0v) is 7.86. The minimum Gasteiger partial charge on any atom is -0.398 e. The van der Waals surface area contributed by atoms with E-state index in [1.165, 1.54) is 0 Å². The largest absolute Gasteiger partial charge is 0.398 e. The van der Waals surface area contributed by atoms with Crippen molar-refractivity contribution in [2.24, 2.45) is 5.14 Å². The fourth-order valence-electron chi connectivity index (χ4n) is 0.790. The molecule has 0 radical (unpaired) electrons. The average molecular weight is 225 g/mol. The van der Waals surface area contributed by atoms with Crippen LogP contribution in [0.3, 0.4) is 0 Å². The summed E-state index contributed by atoms with van der Waals surface area (Å²) in [6, 6.07) is 1.68. The first-order valence-electron chi connectivity index (χ1n) is 3.09. The molecule has 4 N–H and O–H groups in total. The van der Waals surface area contributed by atoms with Crippen molar-refractivity contribution in [3.63, 3.8) is 0 Å². The van der Waals surface area contributed by atoms with E-state index in [4.69, 9.17) is 22.5 Å². The van der Waals surface area contributed by atoms with E-state index in [0.717, 1.165) is 12.1 Å². The molecule has 1 aromatic rings. The molecule has 0 aliphatic rings. The lowest BCUT2D eigenvalue weighted by Gasteiger charge is -2.03. The lowest BCUT2D eigenvalue weighted by molar-refractivity contribution is 0.597. The molecule has 0 heterocycles. The molecule has 13 heavy (non-hydrogen) atoms. The number of anilines is 1.